The molecule has 2 rings (SSSR count). The van der Waals surface area contributed by atoms with Crippen LogP contribution in [0, 0.1) is 6.92 Å². The predicted molar refractivity (Wildman–Crippen MR) is 84.6 cm³/mol. The zero-order valence-corrected chi connectivity index (χ0v) is 12.2. The van der Waals surface area contributed by atoms with Gasteiger partial charge in [0, 0.05) is 17.1 Å². The average molecular weight is 286 g/mol. The Hall–Kier alpha value is -1.94. The van der Waals surface area contributed by atoms with Crippen LogP contribution in [0.2, 0.25) is 0 Å². The number of benzene rings is 2. The number of aryl methyl sites for hydroxylation is 1. The van der Waals surface area contributed by atoms with E-state index in [1.54, 1.807) is 0 Å². The fraction of sp³-hybridized carbons (Fsp3) is 0.188. The molecular weight excluding hydrogens is 268 g/mol. The lowest BCUT2D eigenvalue weighted by Crippen LogP contribution is -2.24. The first-order valence-electron chi connectivity index (χ1n) is 6.44. The summed E-state index contributed by atoms with van der Waals surface area (Å²) in [4.78, 5) is 12.9. The number of nitrogens with two attached hydrogens (primary N) is 1. The molecule has 0 bridgehead atoms. The fourth-order valence-electron chi connectivity index (χ4n) is 1.76. The SMILES string of the molecule is Cc1ccc(N)cc1SCC(=O)NCc1ccccc1. The summed E-state index contributed by atoms with van der Waals surface area (Å²) < 4.78 is 0. The van der Waals surface area contributed by atoms with Crippen LogP contribution < -0.4 is 11.1 Å². The van der Waals surface area contributed by atoms with Crippen molar-refractivity contribution >= 4 is 23.4 Å². The molecule has 0 aromatic heterocycles. The largest absolute Gasteiger partial charge is 0.399 e. The summed E-state index contributed by atoms with van der Waals surface area (Å²) >= 11 is 1.51. The number of nitrogens with one attached hydrogen (secondary N) is 1. The lowest BCUT2D eigenvalue weighted by molar-refractivity contribution is -0.118. The zero-order valence-electron chi connectivity index (χ0n) is 11.4. The number of nitrogen functional groups attached to an aromatic ring is 1. The molecule has 0 atom stereocenters. The van der Waals surface area contributed by atoms with Gasteiger partial charge in [0.2, 0.25) is 5.91 Å². The molecule has 20 heavy (non-hydrogen) atoms. The van der Waals surface area contributed by atoms with Gasteiger partial charge in [-0.15, -0.1) is 11.8 Å². The van der Waals surface area contributed by atoms with Crippen molar-refractivity contribution in [2.75, 3.05) is 11.5 Å². The van der Waals surface area contributed by atoms with Crippen molar-refractivity contribution in [3.05, 3.63) is 59.7 Å². The van der Waals surface area contributed by atoms with Gasteiger partial charge in [0.1, 0.15) is 0 Å². The van der Waals surface area contributed by atoms with E-state index in [1.807, 2.05) is 55.5 Å². The highest BCUT2D eigenvalue weighted by Crippen LogP contribution is 2.24. The molecule has 2 aromatic carbocycles. The maximum absolute atomic E-state index is 11.8. The number of rotatable bonds is 5. The fourth-order valence-corrected chi connectivity index (χ4v) is 2.67. The van der Waals surface area contributed by atoms with E-state index in [9.17, 15) is 4.79 Å². The Kier molecular flexibility index (Phi) is 5.07. The number of carbonyl (C=O) groups excluding carboxylic acids is 1. The van der Waals surface area contributed by atoms with Crippen molar-refractivity contribution < 1.29 is 4.79 Å². The van der Waals surface area contributed by atoms with Gasteiger partial charge in [-0.05, 0) is 30.2 Å². The summed E-state index contributed by atoms with van der Waals surface area (Å²) in [5.74, 6) is 0.428. The number of carbonyl (C=O) groups is 1. The summed E-state index contributed by atoms with van der Waals surface area (Å²) in [6.45, 7) is 2.58. The molecule has 0 fully saturated rings. The molecule has 0 aliphatic carbocycles. The third kappa shape index (κ3) is 4.31. The first kappa shape index (κ1) is 14.5. The minimum absolute atomic E-state index is 0.0284. The molecule has 0 aliphatic heterocycles. The van der Waals surface area contributed by atoms with Gasteiger partial charge in [-0.3, -0.25) is 4.79 Å². The molecule has 0 aliphatic rings. The molecule has 0 heterocycles. The van der Waals surface area contributed by atoms with Crippen LogP contribution in [0.25, 0.3) is 0 Å². The predicted octanol–water partition coefficient (Wildman–Crippen LogP) is 2.99. The van der Waals surface area contributed by atoms with E-state index in [1.165, 1.54) is 11.8 Å². The van der Waals surface area contributed by atoms with Crippen LogP contribution in [0.1, 0.15) is 11.1 Å². The Balaban J connectivity index is 1.82. The van der Waals surface area contributed by atoms with Gasteiger partial charge in [0.25, 0.3) is 0 Å². The topological polar surface area (TPSA) is 55.1 Å². The minimum Gasteiger partial charge on any atom is -0.399 e. The van der Waals surface area contributed by atoms with Gasteiger partial charge < -0.3 is 11.1 Å². The molecule has 0 saturated heterocycles. The number of thioether (sulfide) groups is 1. The standard InChI is InChI=1S/C16H18N2OS/c1-12-7-8-14(17)9-15(12)20-11-16(19)18-10-13-5-3-2-4-6-13/h2-9H,10-11,17H2,1H3,(H,18,19). The molecule has 4 heteroatoms. The Morgan fingerprint density at radius 2 is 1.95 bits per heavy atom. The molecule has 1 amide bonds. The molecule has 0 saturated carbocycles. The third-order valence-electron chi connectivity index (χ3n) is 2.90. The van der Waals surface area contributed by atoms with Crippen molar-refractivity contribution in [3.8, 4) is 0 Å². The van der Waals surface area contributed by atoms with Gasteiger partial charge in [-0.1, -0.05) is 36.4 Å². The van der Waals surface area contributed by atoms with Crippen molar-refractivity contribution in [1.82, 2.24) is 5.32 Å². The lowest BCUT2D eigenvalue weighted by atomic mass is 10.2. The monoisotopic (exact) mass is 286 g/mol. The molecule has 0 spiro atoms. The van der Waals surface area contributed by atoms with Gasteiger partial charge >= 0.3 is 0 Å². The highest BCUT2D eigenvalue weighted by Gasteiger charge is 2.05. The summed E-state index contributed by atoms with van der Waals surface area (Å²) in [5.41, 5.74) is 8.72. The Morgan fingerprint density at radius 3 is 2.70 bits per heavy atom. The lowest BCUT2D eigenvalue weighted by Gasteiger charge is -2.08. The number of anilines is 1. The highest BCUT2D eigenvalue weighted by atomic mass is 32.2. The van der Waals surface area contributed by atoms with E-state index in [2.05, 4.69) is 5.32 Å². The van der Waals surface area contributed by atoms with Crippen LogP contribution in [-0.2, 0) is 11.3 Å². The summed E-state index contributed by atoms with van der Waals surface area (Å²) in [6.07, 6.45) is 0. The number of hydrogen-bond donors (Lipinski definition) is 2. The quantitative estimate of drug-likeness (QED) is 0.656. The Morgan fingerprint density at radius 1 is 1.20 bits per heavy atom. The van der Waals surface area contributed by atoms with E-state index in [0.29, 0.717) is 12.3 Å². The summed E-state index contributed by atoms with van der Waals surface area (Å²) in [7, 11) is 0. The van der Waals surface area contributed by atoms with Crippen LogP contribution >= 0.6 is 11.8 Å². The second kappa shape index (κ2) is 7.01. The Bertz CT molecular complexity index is 584. The van der Waals surface area contributed by atoms with E-state index >= 15 is 0 Å². The van der Waals surface area contributed by atoms with Crippen molar-refractivity contribution in [2.24, 2.45) is 0 Å². The number of hydrogen-bond acceptors (Lipinski definition) is 3. The molecular formula is C16H18N2OS. The minimum atomic E-state index is 0.0284. The zero-order chi connectivity index (χ0) is 14.4. The Labute approximate surface area is 123 Å². The summed E-state index contributed by atoms with van der Waals surface area (Å²) in [6, 6.07) is 15.6. The van der Waals surface area contributed by atoms with E-state index in [4.69, 9.17) is 5.73 Å². The van der Waals surface area contributed by atoms with Gasteiger partial charge in [0.05, 0.1) is 5.75 Å². The van der Waals surface area contributed by atoms with Crippen LogP contribution in [0.4, 0.5) is 5.69 Å². The third-order valence-corrected chi connectivity index (χ3v) is 4.06. The van der Waals surface area contributed by atoms with Gasteiger partial charge in [0.15, 0.2) is 0 Å². The molecule has 0 radical (unpaired) electrons. The number of amides is 1. The second-order valence-electron chi connectivity index (χ2n) is 4.58. The molecule has 104 valence electrons. The van der Waals surface area contributed by atoms with E-state index in [0.717, 1.165) is 21.7 Å². The highest BCUT2D eigenvalue weighted by molar-refractivity contribution is 8.00. The van der Waals surface area contributed by atoms with Crippen LogP contribution in [0.3, 0.4) is 0 Å². The molecule has 2 aromatic rings. The maximum atomic E-state index is 11.8. The first-order valence-corrected chi connectivity index (χ1v) is 7.43. The van der Waals surface area contributed by atoms with Crippen LogP contribution in [-0.4, -0.2) is 11.7 Å². The second-order valence-corrected chi connectivity index (χ2v) is 5.59. The normalized spacial score (nSPS) is 10.2. The van der Waals surface area contributed by atoms with Crippen LogP contribution in [0.15, 0.2) is 53.4 Å². The first-order chi connectivity index (χ1) is 9.65. The molecule has 3 N–H and O–H groups in total. The summed E-state index contributed by atoms with van der Waals surface area (Å²) in [5, 5.41) is 2.91. The van der Waals surface area contributed by atoms with Gasteiger partial charge in [-0.25, -0.2) is 0 Å². The van der Waals surface area contributed by atoms with Crippen molar-refractivity contribution in [2.45, 2.75) is 18.4 Å². The average Bonchev–Trinajstić information content (AvgIpc) is 2.47. The molecule has 3 nitrogen and oxygen atoms in total. The van der Waals surface area contributed by atoms with E-state index < -0.39 is 0 Å². The van der Waals surface area contributed by atoms with Crippen molar-refractivity contribution in [1.29, 1.82) is 0 Å². The molecule has 0 unspecified atom stereocenters. The maximum Gasteiger partial charge on any atom is 0.230 e. The van der Waals surface area contributed by atoms with E-state index in [-0.39, 0.29) is 5.91 Å². The smallest absolute Gasteiger partial charge is 0.230 e. The van der Waals surface area contributed by atoms with Crippen molar-refractivity contribution in [3.63, 3.8) is 0 Å². The van der Waals surface area contributed by atoms with Gasteiger partial charge in [-0.2, -0.15) is 0 Å². The van der Waals surface area contributed by atoms with Crippen LogP contribution in [0.5, 0.6) is 0 Å².